The van der Waals surface area contributed by atoms with E-state index in [-0.39, 0.29) is 18.9 Å². The Balaban J connectivity index is 0.000000319. The molecule has 0 heterocycles. The summed E-state index contributed by atoms with van der Waals surface area (Å²) in [5.74, 6) is 3.13. The molecule has 29 heavy (non-hydrogen) atoms. The Bertz CT molecular complexity index is 911. The second-order valence-electron chi connectivity index (χ2n) is 6.92. The molecule has 4 aromatic carbocycles. The van der Waals surface area contributed by atoms with Crippen molar-refractivity contribution in [3.63, 3.8) is 0 Å². The van der Waals surface area contributed by atoms with Gasteiger partial charge in [0, 0.05) is 0 Å². The van der Waals surface area contributed by atoms with Crippen LogP contribution >= 0.6 is 0 Å². The van der Waals surface area contributed by atoms with Crippen molar-refractivity contribution >= 4 is 22.5 Å². The molecule has 0 aliphatic rings. The summed E-state index contributed by atoms with van der Waals surface area (Å²) in [6, 6.07) is 41.4. The van der Waals surface area contributed by atoms with Crippen LogP contribution in [0.3, 0.4) is 0 Å². The van der Waals surface area contributed by atoms with Gasteiger partial charge in [-0.25, -0.2) is 0 Å². The molecule has 0 unspecified atom stereocenters. The van der Waals surface area contributed by atoms with Crippen molar-refractivity contribution in [2.45, 2.75) is 6.92 Å². The topological polar surface area (TPSA) is 0 Å². The van der Waals surface area contributed by atoms with E-state index in [2.05, 4.69) is 97.7 Å². The molecule has 0 aliphatic carbocycles. The molecule has 0 bridgehead atoms. The van der Waals surface area contributed by atoms with Crippen LogP contribution < -0.4 is 35.2 Å². The second-order valence-corrected chi connectivity index (χ2v) is 6.92. The first-order valence-corrected chi connectivity index (χ1v) is 9.59. The third kappa shape index (κ3) is 5.34. The molecular weight excluding hydrogens is 342 g/mol. The minimum Gasteiger partial charge on any atom is -0.301 e. The fourth-order valence-corrected chi connectivity index (χ4v) is 3.63. The van der Waals surface area contributed by atoms with Gasteiger partial charge in [0.05, 0.1) is 0 Å². The van der Waals surface area contributed by atoms with E-state index in [1.54, 1.807) is 0 Å². The van der Waals surface area contributed by atoms with Crippen LogP contribution in [0, 0.1) is 19.2 Å². The van der Waals surface area contributed by atoms with Crippen LogP contribution in [-0.2, 0) is 0 Å². The van der Waals surface area contributed by atoms with Crippen molar-refractivity contribution in [1.29, 1.82) is 0 Å². The number of rotatable bonds is 3. The van der Waals surface area contributed by atoms with Crippen molar-refractivity contribution in [3.05, 3.63) is 127 Å². The molecule has 0 nitrogen and oxygen atoms in total. The molecule has 0 aliphatic heterocycles. The van der Waals surface area contributed by atoms with E-state index < -0.39 is 6.15 Å². The summed E-state index contributed by atoms with van der Waals surface area (Å²) in [5, 5.41) is 0. The normalized spacial score (nSPS) is 9.93. The van der Waals surface area contributed by atoms with E-state index in [4.69, 9.17) is 6.42 Å². The zero-order valence-electron chi connectivity index (χ0n) is 17.2. The SMILES string of the molecule is C#C[B-](c1ccccc1)(c1ccccc1)c1ccccc1.Cc1ccccc1.[Li+]. The maximum absolute atomic E-state index is 6.08. The van der Waals surface area contributed by atoms with E-state index >= 15 is 0 Å². The Hall–Kier alpha value is -2.90. The molecule has 0 amide bonds. The summed E-state index contributed by atoms with van der Waals surface area (Å²) in [4.78, 5) is 0. The van der Waals surface area contributed by atoms with Crippen molar-refractivity contribution in [3.8, 4) is 12.2 Å². The zero-order valence-corrected chi connectivity index (χ0v) is 17.2. The van der Waals surface area contributed by atoms with Crippen LogP contribution in [0.25, 0.3) is 0 Å². The van der Waals surface area contributed by atoms with E-state index in [1.165, 1.54) is 22.0 Å². The molecule has 136 valence electrons. The van der Waals surface area contributed by atoms with Gasteiger partial charge < -0.3 is 5.82 Å². The Morgan fingerprint density at radius 3 is 1.00 bits per heavy atom. The van der Waals surface area contributed by atoms with Crippen molar-refractivity contribution in [2.75, 3.05) is 0 Å². The summed E-state index contributed by atoms with van der Waals surface area (Å²) in [7, 11) is 0. The van der Waals surface area contributed by atoms with Gasteiger partial charge in [-0.2, -0.15) is 22.8 Å². The van der Waals surface area contributed by atoms with Crippen molar-refractivity contribution in [2.24, 2.45) is 0 Å². The fourth-order valence-electron chi connectivity index (χ4n) is 3.63. The third-order valence-electron chi connectivity index (χ3n) is 5.09. The molecule has 0 saturated heterocycles. The average Bonchev–Trinajstić information content (AvgIpc) is 2.78. The van der Waals surface area contributed by atoms with E-state index in [1.807, 2.05) is 36.4 Å². The molecule has 0 fully saturated rings. The van der Waals surface area contributed by atoms with Crippen LogP contribution in [-0.4, -0.2) is 6.15 Å². The predicted octanol–water partition coefficient (Wildman–Crippen LogP) is 1.33. The summed E-state index contributed by atoms with van der Waals surface area (Å²) in [6.45, 7) is 2.08. The van der Waals surface area contributed by atoms with Gasteiger partial charge in [-0.1, -0.05) is 127 Å². The second kappa shape index (κ2) is 11.2. The molecule has 0 atom stereocenters. The summed E-state index contributed by atoms with van der Waals surface area (Å²) in [5.41, 5.74) is 4.86. The standard InChI is InChI=1S/C20H16B.C7H8.Li/c1-2-21(18-12-6-3-7-13-18,19-14-8-4-9-15-19)20-16-10-5-11-17-20;1-7-5-3-2-4-6-7;/h1,3-17H;2-6H,1H3;/q-1;;+1. The number of hydrogen-bond acceptors (Lipinski definition) is 0. The largest absolute Gasteiger partial charge is 1.00 e. The van der Waals surface area contributed by atoms with Gasteiger partial charge in [0.1, 0.15) is 6.15 Å². The molecule has 0 radical (unpaired) electrons. The fraction of sp³-hybridized carbons (Fsp3) is 0.0370. The zero-order chi connectivity index (χ0) is 19.7. The summed E-state index contributed by atoms with van der Waals surface area (Å²) >= 11 is 0. The van der Waals surface area contributed by atoms with E-state index in [9.17, 15) is 0 Å². The average molecular weight is 366 g/mol. The first kappa shape index (κ1) is 22.4. The molecule has 0 spiro atoms. The molecular formula is C27H24BLi. The van der Waals surface area contributed by atoms with Crippen LogP contribution in [0.2, 0.25) is 0 Å². The van der Waals surface area contributed by atoms with E-state index in [0.29, 0.717) is 0 Å². The van der Waals surface area contributed by atoms with Gasteiger partial charge in [0.2, 0.25) is 0 Å². The maximum Gasteiger partial charge on any atom is 1.00 e. The molecule has 4 rings (SSSR count). The first-order chi connectivity index (χ1) is 13.8. The molecule has 2 heteroatoms. The van der Waals surface area contributed by atoms with Gasteiger partial charge in [-0.15, -0.1) is 0 Å². The number of terminal acetylenes is 1. The maximum atomic E-state index is 6.08. The Morgan fingerprint density at radius 2 is 0.793 bits per heavy atom. The van der Waals surface area contributed by atoms with Crippen LogP contribution in [0.1, 0.15) is 5.56 Å². The van der Waals surface area contributed by atoms with Crippen LogP contribution in [0.15, 0.2) is 121 Å². The minimum absolute atomic E-state index is 0. The molecule has 0 saturated carbocycles. The summed E-state index contributed by atoms with van der Waals surface area (Å²) < 4.78 is 0. The number of aryl methyl sites for hydroxylation is 1. The first-order valence-electron chi connectivity index (χ1n) is 9.59. The van der Waals surface area contributed by atoms with Gasteiger partial charge in [0.25, 0.3) is 0 Å². The van der Waals surface area contributed by atoms with Gasteiger partial charge in [-0.3, -0.25) is 0 Å². The van der Waals surface area contributed by atoms with Gasteiger partial charge in [0.15, 0.2) is 0 Å². The quantitative estimate of drug-likeness (QED) is 0.379. The van der Waals surface area contributed by atoms with Crippen LogP contribution in [0.4, 0.5) is 0 Å². The van der Waals surface area contributed by atoms with E-state index in [0.717, 1.165) is 0 Å². The summed E-state index contributed by atoms with van der Waals surface area (Å²) in [6.07, 6.45) is 4.71. The van der Waals surface area contributed by atoms with Gasteiger partial charge >= 0.3 is 18.9 Å². The predicted molar refractivity (Wildman–Crippen MR) is 124 cm³/mol. The van der Waals surface area contributed by atoms with Crippen LogP contribution in [0.5, 0.6) is 0 Å². The number of hydrogen-bond donors (Lipinski definition) is 0. The molecule has 0 aromatic heterocycles. The molecule has 0 N–H and O–H groups in total. The smallest absolute Gasteiger partial charge is 0.301 e. The van der Waals surface area contributed by atoms with Crippen molar-refractivity contribution < 1.29 is 18.9 Å². The Morgan fingerprint density at radius 1 is 0.517 bits per heavy atom. The Kier molecular flexibility index (Phi) is 8.64. The number of benzene rings is 4. The molecule has 4 aromatic rings. The third-order valence-corrected chi connectivity index (χ3v) is 5.09. The monoisotopic (exact) mass is 366 g/mol. The Labute approximate surface area is 187 Å². The minimum atomic E-state index is -1.37. The van der Waals surface area contributed by atoms with Crippen molar-refractivity contribution in [1.82, 2.24) is 0 Å². The van der Waals surface area contributed by atoms with Gasteiger partial charge in [-0.05, 0) is 6.92 Å².